The zero-order chi connectivity index (χ0) is 14.9. The summed E-state index contributed by atoms with van der Waals surface area (Å²) in [6, 6.07) is 3.72. The first kappa shape index (κ1) is 15.3. The van der Waals surface area contributed by atoms with E-state index in [0.717, 1.165) is 11.1 Å². The van der Waals surface area contributed by atoms with Gasteiger partial charge in [0.05, 0.1) is 12.0 Å². The molecular weight excluding hydrogens is 276 g/mol. The molecule has 1 unspecified atom stereocenters. The van der Waals surface area contributed by atoms with E-state index in [-0.39, 0.29) is 6.04 Å². The van der Waals surface area contributed by atoms with Crippen LogP contribution in [0.15, 0.2) is 17.0 Å². The Bertz CT molecular complexity index is 575. The van der Waals surface area contributed by atoms with Gasteiger partial charge in [-0.15, -0.1) is 0 Å². The van der Waals surface area contributed by atoms with Crippen molar-refractivity contribution in [3.63, 3.8) is 0 Å². The minimum absolute atomic E-state index is 0.178. The van der Waals surface area contributed by atoms with Crippen LogP contribution < -0.4 is 10.1 Å². The summed E-state index contributed by atoms with van der Waals surface area (Å²) in [6.07, 6.45) is 0. The maximum absolute atomic E-state index is 12.8. The van der Waals surface area contributed by atoms with Gasteiger partial charge in [-0.2, -0.15) is 4.31 Å². The molecule has 0 amide bonds. The molecule has 1 aliphatic heterocycles. The summed E-state index contributed by atoms with van der Waals surface area (Å²) < 4.78 is 32.4. The van der Waals surface area contributed by atoms with Crippen LogP contribution in [0, 0.1) is 13.8 Å². The first-order chi connectivity index (χ1) is 9.36. The number of aryl methyl sites for hydroxylation is 2. The molecule has 0 radical (unpaired) electrons. The molecule has 0 saturated carbocycles. The number of sulfonamides is 1. The summed E-state index contributed by atoms with van der Waals surface area (Å²) in [6.45, 7) is 7.33. The fourth-order valence-corrected chi connectivity index (χ4v) is 4.62. The van der Waals surface area contributed by atoms with Gasteiger partial charge in [0, 0.05) is 25.7 Å². The van der Waals surface area contributed by atoms with Gasteiger partial charge >= 0.3 is 0 Å². The zero-order valence-corrected chi connectivity index (χ0v) is 13.3. The van der Waals surface area contributed by atoms with Crippen molar-refractivity contribution >= 4 is 10.0 Å². The van der Waals surface area contributed by atoms with E-state index in [1.165, 1.54) is 0 Å². The number of rotatable bonds is 3. The highest BCUT2D eigenvalue weighted by atomic mass is 32.2. The predicted octanol–water partition coefficient (Wildman–Crippen LogP) is 1.29. The average molecular weight is 298 g/mol. The van der Waals surface area contributed by atoms with Gasteiger partial charge in [0.25, 0.3) is 0 Å². The Kier molecular flexibility index (Phi) is 4.36. The standard InChI is InChI=1S/C14H22N2O3S/c1-10-7-13(19-4)8-11(2)14(10)20(17,18)16-6-5-15-12(3)9-16/h7-8,12,15H,5-6,9H2,1-4H3. The van der Waals surface area contributed by atoms with Gasteiger partial charge in [-0.1, -0.05) is 0 Å². The van der Waals surface area contributed by atoms with E-state index in [9.17, 15) is 8.42 Å². The topological polar surface area (TPSA) is 58.6 Å². The fraction of sp³-hybridized carbons (Fsp3) is 0.571. The van der Waals surface area contributed by atoms with Crippen molar-refractivity contribution in [2.24, 2.45) is 0 Å². The number of nitrogens with zero attached hydrogens (tertiary/aromatic N) is 1. The van der Waals surface area contributed by atoms with E-state index in [1.54, 1.807) is 23.5 Å². The van der Waals surface area contributed by atoms with Crippen molar-refractivity contribution < 1.29 is 13.2 Å². The van der Waals surface area contributed by atoms with Crippen LogP contribution >= 0.6 is 0 Å². The van der Waals surface area contributed by atoms with Crippen molar-refractivity contribution in [1.82, 2.24) is 9.62 Å². The lowest BCUT2D eigenvalue weighted by Gasteiger charge is -2.31. The zero-order valence-electron chi connectivity index (χ0n) is 12.4. The highest BCUT2D eigenvalue weighted by molar-refractivity contribution is 7.89. The van der Waals surface area contributed by atoms with Crippen molar-refractivity contribution in [3.05, 3.63) is 23.3 Å². The summed E-state index contributed by atoms with van der Waals surface area (Å²) in [5.74, 6) is 0.688. The predicted molar refractivity (Wildman–Crippen MR) is 78.7 cm³/mol. The second-order valence-corrected chi connectivity index (χ2v) is 7.18. The Balaban J connectivity index is 2.44. The maximum atomic E-state index is 12.8. The van der Waals surface area contributed by atoms with Gasteiger partial charge in [0.2, 0.25) is 10.0 Å². The highest BCUT2D eigenvalue weighted by Crippen LogP contribution is 2.28. The molecular formula is C14H22N2O3S. The highest BCUT2D eigenvalue weighted by Gasteiger charge is 2.31. The second-order valence-electron chi connectivity index (χ2n) is 5.31. The molecule has 20 heavy (non-hydrogen) atoms. The first-order valence-corrected chi connectivity index (χ1v) is 8.19. The summed E-state index contributed by atoms with van der Waals surface area (Å²) >= 11 is 0. The molecule has 0 spiro atoms. The monoisotopic (exact) mass is 298 g/mol. The van der Waals surface area contributed by atoms with Crippen LogP contribution in [-0.2, 0) is 10.0 Å². The van der Waals surface area contributed by atoms with Gasteiger partial charge < -0.3 is 10.1 Å². The van der Waals surface area contributed by atoms with E-state index in [1.807, 2.05) is 20.8 Å². The van der Waals surface area contributed by atoms with E-state index in [4.69, 9.17) is 4.74 Å². The summed E-state index contributed by atoms with van der Waals surface area (Å²) in [5.41, 5.74) is 1.46. The van der Waals surface area contributed by atoms with E-state index >= 15 is 0 Å². The third kappa shape index (κ3) is 2.82. The Hall–Kier alpha value is -1.11. The van der Waals surface area contributed by atoms with E-state index in [0.29, 0.717) is 30.3 Å². The molecule has 5 nitrogen and oxygen atoms in total. The van der Waals surface area contributed by atoms with E-state index < -0.39 is 10.0 Å². The lowest BCUT2D eigenvalue weighted by molar-refractivity contribution is 0.310. The Labute approximate surface area is 121 Å². The molecule has 1 aromatic rings. The van der Waals surface area contributed by atoms with Gasteiger partial charge in [-0.3, -0.25) is 0 Å². The Morgan fingerprint density at radius 3 is 2.40 bits per heavy atom. The van der Waals surface area contributed by atoms with Crippen molar-refractivity contribution in [2.45, 2.75) is 31.7 Å². The molecule has 0 aliphatic carbocycles. The fourth-order valence-electron chi connectivity index (χ4n) is 2.68. The molecule has 2 rings (SSSR count). The maximum Gasteiger partial charge on any atom is 0.243 e. The summed E-state index contributed by atoms with van der Waals surface area (Å²) in [7, 11) is -1.86. The number of methoxy groups -OCH3 is 1. The first-order valence-electron chi connectivity index (χ1n) is 6.75. The van der Waals surface area contributed by atoms with Crippen molar-refractivity contribution in [1.29, 1.82) is 0 Å². The Morgan fingerprint density at radius 1 is 1.30 bits per heavy atom. The lowest BCUT2D eigenvalue weighted by Crippen LogP contribution is -2.51. The van der Waals surface area contributed by atoms with Crippen LogP contribution in [0.3, 0.4) is 0 Å². The lowest BCUT2D eigenvalue weighted by atomic mass is 10.1. The molecule has 0 bridgehead atoms. The number of benzene rings is 1. The summed E-state index contributed by atoms with van der Waals surface area (Å²) in [5, 5.41) is 3.26. The molecule has 1 saturated heterocycles. The largest absolute Gasteiger partial charge is 0.497 e. The van der Waals surface area contributed by atoms with E-state index in [2.05, 4.69) is 5.32 Å². The van der Waals surface area contributed by atoms with Crippen LogP contribution in [0.1, 0.15) is 18.1 Å². The van der Waals surface area contributed by atoms with Gasteiger partial charge in [0.1, 0.15) is 5.75 Å². The van der Waals surface area contributed by atoms with Gasteiger partial charge in [0.15, 0.2) is 0 Å². The van der Waals surface area contributed by atoms with Crippen LogP contribution in [0.25, 0.3) is 0 Å². The van der Waals surface area contributed by atoms with Crippen LogP contribution in [0.2, 0.25) is 0 Å². The normalized spacial score (nSPS) is 20.9. The van der Waals surface area contributed by atoms with Crippen molar-refractivity contribution in [3.8, 4) is 5.75 Å². The smallest absolute Gasteiger partial charge is 0.243 e. The number of hydrogen-bond donors (Lipinski definition) is 1. The molecule has 1 aromatic carbocycles. The number of piperazine rings is 1. The molecule has 1 N–H and O–H groups in total. The second kappa shape index (κ2) is 5.71. The SMILES string of the molecule is COc1cc(C)c(S(=O)(=O)N2CCNC(C)C2)c(C)c1. The minimum atomic E-state index is -3.44. The number of nitrogens with one attached hydrogen (secondary N) is 1. The quantitative estimate of drug-likeness (QED) is 0.913. The minimum Gasteiger partial charge on any atom is -0.497 e. The molecule has 112 valence electrons. The van der Waals surface area contributed by atoms with Gasteiger partial charge in [-0.25, -0.2) is 8.42 Å². The molecule has 0 aromatic heterocycles. The van der Waals surface area contributed by atoms with Gasteiger partial charge in [-0.05, 0) is 44.0 Å². The van der Waals surface area contributed by atoms with Crippen LogP contribution in [-0.4, -0.2) is 45.5 Å². The third-order valence-corrected chi connectivity index (χ3v) is 5.77. The Morgan fingerprint density at radius 2 is 1.90 bits per heavy atom. The summed E-state index contributed by atoms with van der Waals surface area (Å²) in [4.78, 5) is 0.410. The van der Waals surface area contributed by atoms with Crippen LogP contribution in [0.4, 0.5) is 0 Å². The molecule has 1 atom stereocenters. The third-order valence-electron chi connectivity index (χ3n) is 3.60. The number of ether oxygens (including phenoxy) is 1. The van der Waals surface area contributed by atoms with Crippen LogP contribution in [0.5, 0.6) is 5.75 Å². The molecule has 6 heteroatoms. The number of hydrogen-bond acceptors (Lipinski definition) is 4. The average Bonchev–Trinajstić information content (AvgIpc) is 2.37. The molecule has 1 aliphatic rings. The van der Waals surface area contributed by atoms with Crippen molar-refractivity contribution in [2.75, 3.05) is 26.7 Å². The molecule has 1 heterocycles. The molecule has 1 fully saturated rings.